The number of furan rings is 1. The van der Waals surface area contributed by atoms with Crippen LogP contribution in [0.4, 0.5) is 0 Å². The third kappa shape index (κ3) is 3.64. The van der Waals surface area contributed by atoms with E-state index in [2.05, 4.69) is 12.6 Å². The maximum absolute atomic E-state index is 12.2. The molecule has 0 spiro atoms. The minimum atomic E-state index is -0.227. The maximum Gasteiger partial charge on any atom is 0.246 e. The van der Waals surface area contributed by atoms with Gasteiger partial charge in [0.15, 0.2) is 0 Å². The minimum absolute atomic E-state index is 0.0944. The summed E-state index contributed by atoms with van der Waals surface area (Å²) in [6.07, 6.45) is 3.67. The van der Waals surface area contributed by atoms with Gasteiger partial charge >= 0.3 is 0 Å². The van der Waals surface area contributed by atoms with E-state index in [9.17, 15) is 9.90 Å². The predicted molar refractivity (Wildman–Crippen MR) is 89.9 cm³/mol. The molecule has 4 heteroatoms. The number of rotatable bonds is 5. The predicted octanol–water partition coefficient (Wildman–Crippen LogP) is 3.42. The van der Waals surface area contributed by atoms with Crippen molar-refractivity contribution in [3.63, 3.8) is 0 Å². The van der Waals surface area contributed by atoms with Crippen molar-refractivity contribution >= 4 is 16.9 Å². The van der Waals surface area contributed by atoms with E-state index in [4.69, 9.17) is 4.42 Å². The summed E-state index contributed by atoms with van der Waals surface area (Å²) >= 11 is 0. The van der Waals surface area contributed by atoms with Crippen molar-refractivity contribution in [2.75, 3.05) is 6.54 Å². The largest absolute Gasteiger partial charge is 0.459 e. The number of fused-ring (bicyclic) bond motifs is 1. The van der Waals surface area contributed by atoms with Crippen LogP contribution >= 0.6 is 0 Å². The van der Waals surface area contributed by atoms with E-state index in [0.29, 0.717) is 19.0 Å². The average Bonchev–Trinajstić information content (AvgIpc) is 3.11. The van der Waals surface area contributed by atoms with Crippen molar-refractivity contribution in [1.29, 1.82) is 0 Å². The molecule has 2 unspecified atom stereocenters. The van der Waals surface area contributed by atoms with Gasteiger partial charge in [-0.1, -0.05) is 18.2 Å². The second kappa shape index (κ2) is 6.59. The highest BCUT2D eigenvalue weighted by Crippen LogP contribution is 2.27. The molecule has 1 aliphatic carbocycles. The fourth-order valence-corrected chi connectivity index (χ4v) is 3.37. The van der Waals surface area contributed by atoms with Gasteiger partial charge in [0.1, 0.15) is 11.3 Å². The number of aliphatic hydroxyl groups is 1. The van der Waals surface area contributed by atoms with Crippen molar-refractivity contribution < 1.29 is 14.3 Å². The zero-order valence-corrected chi connectivity index (χ0v) is 13.5. The lowest BCUT2D eigenvalue weighted by Gasteiger charge is -2.23. The summed E-state index contributed by atoms with van der Waals surface area (Å²) in [4.78, 5) is 13.9. The Bertz CT molecular complexity index is 718. The van der Waals surface area contributed by atoms with Crippen LogP contribution in [0.1, 0.15) is 30.6 Å². The highest BCUT2D eigenvalue weighted by Gasteiger charge is 2.26. The van der Waals surface area contributed by atoms with Crippen LogP contribution in [0.5, 0.6) is 0 Å². The molecule has 0 bridgehead atoms. The summed E-state index contributed by atoms with van der Waals surface area (Å²) in [5.41, 5.74) is 2.02. The van der Waals surface area contributed by atoms with Crippen LogP contribution in [-0.2, 0) is 11.3 Å². The Labute approximate surface area is 136 Å². The highest BCUT2D eigenvalue weighted by molar-refractivity contribution is 5.87. The standard InChI is InChI=1S/C19H23NO3/c1-3-19(22)20(11-14-5-6-16(21)9-14)12-17-10-15-8-13(2)4-7-18(15)23-17/h3-4,7-8,10,14,16,21H,1,5-6,9,11-12H2,2H3. The zero-order chi connectivity index (χ0) is 16.4. The van der Waals surface area contributed by atoms with Crippen molar-refractivity contribution in [3.8, 4) is 0 Å². The smallest absolute Gasteiger partial charge is 0.246 e. The molecular formula is C19H23NO3. The molecule has 4 nitrogen and oxygen atoms in total. The van der Waals surface area contributed by atoms with Gasteiger partial charge in [0, 0.05) is 11.9 Å². The lowest BCUT2D eigenvalue weighted by atomic mass is 10.1. The summed E-state index contributed by atoms with van der Waals surface area (Å²) in [7, 11) is 0. The highest BCUT2D eigenvalue weighted by atomic mass is 16.3. The van der Waals surface area contributed by atoms with Gasteiger partial charge in [-0.2, -0.15) is 0 Å². The molecular weight excluding hydrogens is 290 g/mol. The van der Waals surface area contributed by atoms with Crippen LogP contribution in [0.15, 0.2) is 41.3 Å². The number of amides is 1. The van der Waals surface area contributed by atoms with Crippen LogP contribution in [0.2, 0.25) is 0 Å². The lowest BCUT2D eigenvalue weighted by Crippen LogP contribution is -2.33. The number of aliphatic hydroxyl groups excluding tert-OH is 1. The Morgan fingerprint density at radius 1 is 1.43 bits per heavy atom. The molecule has 1 heterocycles. The molecule has 1 saturated carbocycles. The van der Waals surface area contributed by atoms with E-state index in [1.807, 2.05) is 25.1 Å². The maximum atomic E-state index is 12.2. The zero-order valence-electron chi connectivity index (χ0n) is 13.5. The van der Waals surface area contributed by atoms with Gasteiger partial charge in [-0.15, -0.1) is 0 Å². The Balaban J connectivity index is 1.76. The van der Waals surface area contributed by atoms with Crippen LogP contribution in [0.3, 0.4) is 0 Å². The second-order valence-corrected chi connectivity index (χ2v) is 6.51. The second-order valence-electron chi connectivity index (χ2n) is 6.51. The molecule has 1 aliphatic rings. The number of aryl methyl sites for hydroxylation is 1. The number of nitrogens with zero attached hydrogens (tertiary/aromatic N) is 1. The molecule has 23 heavy (non-hydrogen) atoms. The monoisotopic (exact) mass is 313 g/mol. The molecule has 1 aromatic carbocycles. The molecule has 0 saturated heterocycles. The van der Waals surface area contributed by atoms with E-state index in [1.54, 1.807) is 4.90 Å². The van der Waals surface area contributed by atoms with Crippen molar-refractivity contribution in [1.82, 2.24) is 4.90 Å². The SMILES string of the molecule is C=CC(=O)N(Cc1cc2cc(C)ccc2o1)CC1CCC(O)C1. The topological polar surface area (TPSA) is 53.7 Å². The summed E-state index contributed by atoms with van der Waals surface area (Å²) in [6.45, 7) is 6.72. The Kier molecular flexibility index (Phi) is 4.53. The molecule has 1 fully saturated rings. The molecule has 1 amide bonds. The molecule has 122 valence electrons. The van der Waals surface area contributed by atoms with E-state index >= 15 is 0 Å². The Morgan fingerprint density at radius 3 is 2.96 bits per heavy atom. The normalized spacial score (nSPS) is 20.8. The molecule has 3 rings (SSSR count). The van der Waals surface area contributed by atoms with Gasteiger partial charge in [0.25, 0.3) is 0 Å². The van der Waals surface area contributed by atoms with E-state index in [-0.39, 0.29) is 12.0 Å². The third-order valence-corrected chi connectivity index (χ3v) is 4.55. The molecule has 2 atom stereocenters. The van der Waals surface area contributed by atoms with Crippen LogP contribution in [0.25, 0.3) is 11.0 Å². The molecule has 1 aromatic heterocycles. The number of hydrogen-bond donors (Lipinski definition) is 1. The summed E-state index contributed by atoms with van der Waals surface area (Å²) < 4.78 is 5.86. The first-order valence-corrected chi connectivity index (χ1v) is 8.13. The molecule has 0 aliphatic heterocycles. The number of carbonyl (C=O) groups excluding carboxylic acids is 1. The summed E-state index contributed by atoms with van der Waals surface area (Å²) in [5.74, 6) is 1.03. The van der Waals surface area contributed by atoms with Gasteiger partial charge < -0.3 is 14.4 Å². The average molecular weight is 313 g/mol. The fraction of sp³-hybridized carbons (Fsp3) is 0.421. The number of carbonyl (C=O) groups is 1. The first kappa shape index (κ1) is 15.8. The van der Waals surface area contributed by atoms with Crippen LogP contribution in [0, 0.1) is 12.8 Å². The number of benzene rings is 1. The van der Waals surface area contributed by atoms with Crippen LogP contribution in [-0.4, -0.2) is 28.6 Å². The third-order valence-electron chi connectivity index (χ3n) is 4.55. The van der Waals surface area contributed by atoms with Crippen molar-refractivity contribution in [3.05, 3.63) is 48.2 Å². The van der Waals surface area contributed by atoms with Gasteiger partial charge in [-0.05, 0) is 56.4 Å². The summed E-state index contributed by atoms with van der Waals surface area (Å²) in [5, 5.41) is 10.7. The molecule has 1 N–H and O–H groups in total. The van der Waals surface area contributed by atoms with E-state index < -0.39 is 0 Å². The fourth-order valence-electron chi connectivity index (χ4n) is 3.37. The summed E-state index contributed by atoms with van der Waals surface area (Å²) in [6, 6.07) is 8.05. The van der Waals surface area contributed by atoms with Gasteiger partial charge in [0.05, 0.1) is 12.6 Å². The van der Waals surface area contributed by atoms with E-state index in [1.165, 1.54) is 11.6 Å². The van der Waals surface area contributed by atoms with Crippen molar-refractivity contribution in [2.45, 2.75) is 38.8 Å². The van der Waals surface area contributed by atoms with Gasteiger partial charge in [-0.3, -0.25) is 4.79 Å². The quantitative estimate of drug-likeness (QED) is 0.861. The van der Waals surface area contributed by atoms with E-state index in [0.717, 1.165) is 36.0 Å². The first-order valence-electron chi connectivity index (χ1n) is 8.13. The first-order chi connectivity index (χ1) is 11.0. The lowest BCUT2D eigenvalue weighted by molar-refractivity contribution is -0.127. The van der Waals surface area contributed by atoms with Crippen molar-refractivity contribution in [2.24, 2.45) is 5.92 Å². The molecule has 2 aromatic rings. The number of hydrogen-bond acceptors (Lipinski definition) is 3. The Morgan fingerprint density at radius 2 is 2.26 bits per heavy atom. The minimum Gasteiger partial charge on any atom is -0.459 e. The Hall–Kier alpha value is -2.07. The molecule has 0 radical (unpaired) electrons. The van der Waals surface area contributed by atoms with Gasteiger partial charge in [-0.25, -0.2) is 0 Å². The van der Waals surface area contributed by atoms with Crippen LogP contribution < -0.4 is 0 Å². The van der Waals surface area contributed by atoms with Gasteiger partial charge in [0.2, 0.25) is 5.91 Å².